The van der Waals surface area contributed by atoms with Crippen LogP contribution in [0.15, 0.2) is 18.2 Å². The van der Waals surface area contributed by atoms with E-state index in [2.05, 4.69) is 5.32 Å². The van der Waals surface area contributed by atoms with Crippen LogP contribution in [0.5, 0.6) is 0 Å². The topological polar surface area (TPSA) is 69.6 Å². The Morgan fingerprint density at radius 3 is 2.60 bits per heavy atom. The molecule has 1 aromatic rings. The summed E-state index contributed by atoms with van der Waals surface area (Å²) in [6.45, 7) is 3.74. The van der Waals surface area contributed by atoms with Crippen LogP contribution < -0.4 is 5.32 Å². The summed E-state index contributed by atoms with van der Waals surface area (Å²) in [6.07, 6.45) is 2.35. The Morgan fingerprint density at radius 2 is 2.05 bits per heavy atom. The SMILES string of the molecule is Cc1c(NC(=O)N(C)C(C)C2CC2)cccc1C(=O)O. The quantitative estimate of drug-likeness (QED) is 0.888. The van der Waals surface area contributed by atoms with Gasteiger partial charge in [-0.15, -0.1) is 0 Å². The molecule has 0 aromatic heterocycles. The molecule has 1 fully saturated rings. The summed E-state index contributed by atoms with van der Waals surface area (Å²) in [4.78, 5) is 24.9. The highest BCUT2D eigenvalue weighted by Gasteiger charge is 2.32. The van der Waals surface area contributed by atoms with Gasteiger partial charge in [-0.2, -0.15) is 0 Å². The van der Waals surface area contributed by atoms with Crippen molar-refractivity contribution in [2.45, 2.75) is 32.7 Å². The van der Waals surface area contributed by atoms with E-state index in [0.29, 0.717) is 17.2 Å². The summed E-state index contributed by atoms with van der Waals surface area (Å²) in [5.74, 6) is -0.393. The lowest BCUT2D eigenvalue weighted by Crippen LogP contribution is -2.39. The van der Waals surface area contributed by atoms with Crippen LogP contribution >= 0.6 is 0 Å². The van der Waals surface area contributed by atoms with Crippen LogP contribution in [0.3, 0.4) is 0 Å². The van der Waals surface area contributed by atoms with Gasteiger partial charge in [-0.25, -0.2) is 9.59 Å². The Labute approximate surface area is 118 Å². The van der Waals surface area contributed by atoms with Crippen LogP contribution in [0, 0.1) is 12.8 Å². The first kappa shape index (κ1) is 14.4. The number of amides is 2. The number of urea groups is 1. The molecule has 0 heterocycles. The third-order valence-corrected chi connectivity index (χ3v) is 4.04. The van der Waals surface area contributed by atoms with Gasteiger partial charge in [-0.3, -0.25) is 0 Å². The molecule has 1 atom stereocenters. The maximum atomic E-state index is 12.2. The summed E-state index contributed by atoms with van der Waals surface area (Å²) in [5.41, 5.74) is 1.33. The average Bonchev–Trinajstić information content (AvgIpc) is 3.23. The van der Waals surface area contributed by atoms with E-state index in [1.165, 1.54) is 18.9 Å². The Morgan fingerprint density at radius 1 is 1.40 bits per heavy atom. The van der Waals surface area contributed by atoms with Gasteiger partial charge in [-0.05, 0) is 50.3 Å². The highest BCUT2D eigenvalue weighted by atomic mass is 16.4. The molecule has 2 N–H and O–H groups in total. The predicted molar refractivity (Wildman–Crippen MR) is 77.1 cm³/mol. The molecule has 0 saturated heterocycles. The number of anilines is 1. The molecule has 5 heteroatoms. The highest BCUT2D eigenvalue weighted by Crippen LogP contribution is 2.34. The number of aromatic carboxylic acids is 1. The lowest BCUT2D eigenvalue weighted by atomic mass is 10.1. The number of carbonyl (C=O) groups is 2. The first-order valence-electron chi connectivity index (χ1n) is 6.78. The van der Waals surface area contributed by atoms with Gasteiger partial charge < -0.3 is 15.3 Å². The number of carboxylic acid groups (broad SMARTS) is 1. The molecule has 0 spiro atoms. The fourth-order valence-electron chi connectivity index (χ4n) is 2.29. The average molecular weight is 276 g/mol. The van der Waals surface area contributed by atoms with Crippen molar-refractivity contribution in [2.24, 2.45) is 5.92 Å². The molecule has 0 bridgehead atoms. The van der Waals surface area contributed by atoms with Gasteiger partial charge >= 0.3 is 12.0 Å². The normalized spacial score (nSPS) is 15.6. The molecular formula is C15H20N2O3. The smallest absolute Gasteiger partial charge is 0.336 e. The van der Waals surface area contributed by atoms with Gasteiger partial charge in [0.25, 0.3) is 0 Å². The number of hydrogen-bond acceptors (Lipinski definition) is 2. The minimum Gasteiger partial charge on any atom is -0.478 e. The van der Waals surface area contributed by atoms with Gasteiger partial charge in [0, 0.05) is 18.8 Å². The number of nitrogens with zero attached hydrogens (tertiary/aromatic N) is 1. The Kier molecular flexibility index (Phi) is 3.97. The first-order chi connectivity index (χ1) is 9.41. The third kappa shape index (κ3) is 2.92. The van der Waals surface area contributed by atoms with Crippen LogP contribution in [-0.2, 0) is 0 Å². The molecule has 1 aliphatic carbocycles. The fraction of sp³-hybridized carbons (Fsp3) is 0.467. The molecule has 2 amide bonds. The predicted octanol–water partition coefficient (Wildman–Crippen LogP) is 2.96. The maximum absolute atomic E-state index is 12.2. The van der Waals surface area contributed by atoms with E-state index >= 15 is 0 Å². The summed E-state index contributed by atoms with van der Waals surface area (Å²) < 4.78 is 0. The van der Waals surface area contributed by atoms with Crippen LogP contribution in [0.2, 0.25) is 0 Å². The van der Waals surface area contributed by atoms with E-state index in [0.717, 1.165) is 0 Å². The van der Waals surface area contributed by atoms with Crippen LogP contribution in [-0.4, -0.2) is 35.1 Å². The van der Waals surface area contributed by atoms with Crippen molar-refractivity contribution >= 4 is 17.7 Å². The standard InChI is InChI=1S/C15H20N2O3/c1-9-12(14(18)19)5-4-6-13(9)16-15(20)17(3)10(2)11-7-8-11/h4-6,10-11H,7-8H2,1-3H3,(H,16,20)(H,18,19). The summed E-state index contributed by atoms with van der Waals surface area (Å²) in [5, 5.41) is 11.9. The third-order valence-electron chi connectivity index (χ3n) is 4.04. The summed E-state index contributed by atoms with van der Waals surface area (Å²) in [7, 11) is 1.77. The van der Waals surface area contributed by atoms with Crippen molar-refractivity contribution in [1.29, 1.82) is 0 Å². The van der Waals surface area contributed by atoms with Gasteiger partial charge in [0.2, 0.25) is 0 Å². The van der Waals surface area contributed by atoms with E-state index in [1.54, 1.807) is 31.0 Å². The largest absolute Gasteiger partial charge is 0.478 e. The zero-order valence-corrected chi connectivity index (χ0v) is 12.0. The Bertz CT molecular complexity index is 538. The molecular weight excluding hydrogens is 256 g/mol. The lowest BCUT2D eigenvalue weighted by Gasteiger charge is -2.25. The second kappa shape index (κ2) is 5.53. The minimum absolute atomic E-state index is 0.199. The first-order valence-corrected chi connectivity index (χ1v) is 6.78. The zero-order chi connectivity index (χ0) is 14.9. The van der Waals surface area contributed by atoms with E-state index < -0.39 is 5.97 Å². The van der Waals surface area contributed by atoms with Crippen molar-refractivity contribution in [3.63, 3.8) is 0 Å². The Balaban J connectivity index is 2.11. The van der Waals surface area contributed by atoms with Gasteiger partial charge in [0.1, 0.15) is 0 Å². The van der Waals surface area contributed by atoms with E-state index in [4.69, 9.17) is 5.11 Å². The van der Waals surface area contributed by atoms with Crippen LogP contribution in [0.4, 0.5) is 10.5 Å². The van der Waals surface area contributed by atoms with Crippen LogP contribution in [0.25, 0.3) is 0 Å². The molecule has 1 aromatic carbocycles. The molecule has 0 radical (unpaired) electrons. The van der Waals surface area contributed by atoms with Crippen molar-refractivity contribution in [3.8, 4) is 0 Å². The van der Waals surface area contributed by atoms with Crippen molar-refractivity contribution in [2.75, 3.05) is 12.4 Å². The molecule has 1 saturated carbocycles. The molecule has 5 nitrogen and oxygen atoms in total. The molecule has 1 unspecified atom stereocenters. The number of nitrogens with one attached hydrogen (secondary N) is 1. The molecule has 0 aliphatic heterocycles. The zero-order valence-electron chi connectivity index (χ0n) is 12.0. The van der Waals surface area contributed by atoms with Gasteiger partial charge in [0.15, 0.2) is 0 Å². The number of carbonyl (C=O) groups excluding carboxylic acids is 1. The van der Waals surface area contributed by atoms with Crippen molar-refractivity contribution in [3.05, 3.63) is 29.3 Å². The second-order valence-corrected chi connectivity index (χ2v) is 5.40. The summed E-state index contributed by atoms with van der Waals surface area (Å²) in [6, 6.07) is 4.89. The van der Waals surface area contributed by atoms with Gasteiger partial charge in [0.05, 0.1) is 5.56 Å². The minimum atomic E-state index is -0.988. The van der Waals surface area contributed by atoms with Gasteiger partial charge in [-0.1, -0.05) is 6.07 Å². The van der Waals surface area contributed by atoms with E-state index in [-0.39, 0.29) is 17.6 Å². The molecule has 1 aliphatic rings. The second-order valence-electron chi connectivity index (χ2n) is 5.40. The molecule has 108 valence electrons. The van der Waals surface area contributed by atoms with E-state index in [1.807, 2.05) is 6.92 Å². The van der Waals surface area contributed by atoms with Crippen LogP contribution in [0.1, 0.15) is 35.7 Å². The number of benzene rings is 1. The number of rotatable bonds is 4. The summed E-state index contributed by atoms with van der Waals surface area (Å²) >= 11 is 0. The van der Waals surface area contributed by atoms with E-state index in [9.17, 15) is 9.59 Å². The van der Waals surface area contributed by atoms with Crippen molar-refractivity contribution < 1.29 is 14.7 Å². The lowest BCUT2D eigenvalue weighted by molar-refractivity contribution is 0.0696. The fourth-order valence-corrected chi connectivity index (χ4v) is 2.29. The molecule has 2 rings (SSSR count). The van der Waals surface area contributed by atoms with Crippen molar-refractivity contribution in [1.82, 2.24) is 4.90 Å². The monoisotopic (exact) mass is 276 g/mol. The number of hydrogen-bond donors (Lipinski definition) is 2. The molecule has 20 heavy (non-hydrogen) atoms. The highest BCUT2D eigenvalue weighted by molar-refractivity contribution is 5.95. The Hall–Kier alpha value is -2.04. The maximum Gasteiger partial charge on any atom is 0.336 e. The number of carboxylic acids is 1.